The second-order valence-corrected chi connectivity index (χ2v) is 7.29. The first kappa shape index (κ1) is 24.2. The fourth-order valence-corrected chi connectivity index (χ4v) is 3.18. The summed E-state index contributed by atoms with van der Waals surface area (Å²) in [4.78, 5) is 19.9. The number of aliphatic hydroxyl groups is 1. The molecule has 0 saturated heterocycles. The minimum absolute atomic E-state index is 0.0717. The average molecular weight is 467 g/mol. The summed E-state index contributed by atoms with van der Waals surface area (Å²) in [6.07, 6.45) is -3.24. The quantitative estimate of drug-likeness (QED) is 0.471. The first-order valence-corrected chi connectivity index (χ1v) is 10.2. The van der Waals surface area contributed by atoms with E-state index in [-0.39, 0.29) is 18.7 Å². The predicted octanol–water partition coefficient (Wildman–Crippen LogP) is 2.76. The lowest BCUT2D eigenvalue weighted by Crippen LogP contribution is -2.46. The molecule has 12 heteroatoms. The molecule has 9 nitrogen and oxygen atoms in total. The largest absolute Gasteiger partial charge is 0.494 e. The lowest BCUT2D eigenvalue weighted by molar-refractivity contribution is -0.272. The SMILES string of the molecule is CCOc1ccc(-c2noc(CCC(=O)NCCC(O)(c3nccn3C)C(F)(F)F)n2)cc1. The van der Waals surface area contributed by atoms with Crippen molar-refractivity contribution in [2.45, 2.75) is 38.0 Å². The molecule has 0 aliphatic carbocycles. The van der Waals surface area contributed by atoms with Crippen molar-refractivity contribution in [2.24, 2.45) is 7.05 Å². The van der Waals surface area contributed by atoms with E-state index < -0.39 is 36.5 Å². The lowest BCUT2D eigenvalue weighted by atomic mass is 9.97. The van der Waals surface area contributed by atoms with E-state index in [2.05, 4.69) is 20.4 Å². The number of alkyl halides is 3. The van der Waals surface area contributed by atoms with E-state index in [9.17, 15) is 23.1 Å². The van der Waals surface area contributed by atoms with Crippen LogP contribution in [0.2, 0.25) is 0 Å². The van der Waals surface area contributed by atoms with Gasteiger partial charge in [0, 0.05) is 50.8 Å². The van der Waals surface area contributed by atoms with Gasteiger partial charge in [0.1, 0.15) is 11.6 Å². The van der Waals surface area contributed by atoms with Crippen molar-refractivity contribution >= 4 is 5.91 Å². The Morgan fingerprint density at radius 2 is 2.00 bits per heavy atom. The third-order valence-corrected chi connectivity index (χ3v) is 4.93. The number of carbonyl (C=O) groups is 1. The van der Waals surface area contributed by atoms with Gasteiger partial charge in [0.15, 0.2) is 0 Å². The molecule has 0 fully saturated rings. The molecule has 1 aromatic carbocycles. The highest BCUT2D eigenvalue weighted by Crippen LogP contribution is 2.40. The second-order valence-electron chi connectivity index (χ2n) is 7.29. The molecule has 178 valence electrons. The van der Waals surface area contributed by atoms with E-state index in [1.807, 2.05) is 6.92 Å². The van der Waals surface area contributed by atoms with Crippen molar-refractivity contribution in [3.8, 4) is 17.1 Å². The Hall–Kier alpha value is -3.41. The molecular formula is C21H24F3N5O4. The van der Waals surface area contributed by atoms with Crippen LogP contribution < -0.4 is 10.1 Å². The monoisotopic (exact) mass is 467 g/mol. The van der Waals surface area contributed by atoms with Gasteiger partial charge < -0.3 is 24.3 Å². The smallest absolute Gasteiger partial charge is 0.424 e. The molecule has 0 aliphatic rings. The number of hydrogen-bond donors (Lipinski definition) is 2. The van der Waals surface area contributed by atoms with Crippen LogP contribution in [0.15, 0.2) is 41.2 Å². The number of amides is 1. The minimum atomic E-state index is -4.96. The van der Waals surface area contributed by atoms with Crippen molar-refractivity contribution < 1.29 is 32.3 Å². The number of nitrogens with zero attached hydrogens (tertiary/aromatic N) is 4. The summed E-state index contributed by atoms with van der Waals surface area (Å²) in [6, 6.07) is 7.09. The number of ether oxygens (including phenoxy) is 1. The Morgan fingerprint density at radius 1 is 1.27 bits per heavy atom. The molecular weight excluding hydrogens is 443 g/mol. The Labute approximate surface area is 187 Å². The first-order chi connectivity index (χ1) is 15.6. The molecule has 0 radical (unpaired) electrons. The minimum Gasteiger partial charge on any atom is -0.494 e. The van der Waals surface area contributed by atoms with E-state index >= 15 is 0 Å². The summed E-state index contributed by atoms with van der Waals surface area (Å²) in [7, 11) is 1.35. The molecule has 1 amide bonds. The highest BCUT2D eigenvalue weighted by Gasteiger charge is 2.57. The normalized spacial score (nSPS) is 13.5. The number of aromatic nitrogens is 4. The fraction of sp³-hybridized carbons (Fsp3) is 0.429. The number of rotatable bonds is 10. The molecule has 33 heavy (non-hydrogen) atoms. The van der Waals surface area contributed by atoms with Crippen molar-refractivity contribution in [2.75, 3.05) is 13.2 Å². The summed E-state index contributed by atoms with van der Waals surface area (Å²) in [5, 5.41) is 16.5. The Kier molecular flexibility index (Phi) is 7.36. The topological polar surface area (TPSA) is 115 Å². The number of aryl methyl sites for hydroxylation is 2. The van der Waals surface area contributed by atoms with Crippen LogP contribution >= 0.6 is 0 Å². The van der Waals surface area contributed by atoms with Crippen LogP contribution in [0.5, 0.6) is 5.75 Å². The molecule has 0 bridgehead atoms. The number of benzene rings is 1. The van der Waals surface area contributed by atoms with Crippen molar-refractivity contribution in [3.05, 3.63) is 48.4 Å². The van der Waals surface area contributed by atoms with E-state index in [1.165, 1.54) is 13.2 Å². The molecule has 2 N–H and O–H groups in total. The van der Waals surface area contributed by atoms with E-state index in [0.29, 0.717) is 23.7 Å². The number of carbonyl (C=O) groups excluding carboxylic acids is 1. The Balaban J connectivity index is 1.51. The highest BCUT2D eigenvalue weighted by molar-refractivity contribution is 5.76. The maximum atomic E-state index is 13.5. The van der Waals surface area contributed by atoms with E-state index in [4.69, 9.17) is 9.26 Å². The van der Waals surface area contributed by atoms with Gasteiger partial charge in [-0.2, -0.15) is 18.2 Å². The van der Waals surface area contributed by atoms with Crippen LogP contribution in [0.4, 0.5) is 13.2 Å². The molecule has 1 atom stereocenters. The van der Waals surface area contributed by atoms with Gasteiger partial charge in [-0.05, 0) is 31.2 Å². The number of hydrogen-bond acceptors (Lipinski definition) is 7. The maximum Gasteiger partial charge on any atom is 0.424 e. The van der Waals surface area contributed by atoms with E-state index in [1.54, 1.807) is 24.3 Å². The highest BCUT2D eigenvalue weighted by atomic mass is 19.4. The van der Waals surface area contributed by atoms with Crippen molar-refractivity contribution in [1.29, 1.82) is 0 Å². The van der Waals surface area contributed by atoms with Crippen molar-refractivity contribution in [1.82, 2.24) is 25.0 Å². The summed E-state index contributed by atoms with van der Waals surface area (Å²) in [5.74, 6) is 0.215. The van der Waals surface area contributed by atoms with Gasteiger partial charge >= 0.3 is 6.18 Å². The molecule has 1 unspecified atom stereocenters. The van der Waals surface area contributed by atoms with Gasteiger partial charge in [-0.25, -0.2) is 4.98 Å². The summed E-state index contributed by atoms with van der Waals surface area (Å²) >= 11 is 0. The zero-order valence-electron chi connectivity index (χ0n) is 18.1. The molecule has 3 rings (SSSR count). The van der Waals surface area contributed by atoms with Gasteiger partial charge in [-0.3, -0.25) is 4.79 Å². The molecule has 0 saturated carbocycles. The molecule has 0 spiro atoms. The third kappa shape index (κ3) is 5.69. The Morgan fingerprint density at radius 3 is 2.61 bits per heavy atom. The van der Waals surface area contributed by atoms with Crippen LogP contribution in [0.25, 0.3) is 11.4 Å². The van der Waals surface area contributed by atoms with Gasteiger partial charge in [0.2, 0.25) is 23.2 Å². The lowest BCUT2D eigenvalue weighted by Gasteiger charge is -2.29. The van der Waals surface area contributed by atoms with Crippen LogP contribution in [0.1, 0.15) is 31.5 Å². The second kappa shape index (κ2) is 10.0. The maximum absolute atomic E-state index is 13.5. The standard InChI is InChI=1S/C21H24F3N5O4/c1-3-32-15-6-4-14(5-7-15)18-27-17(33-28-18)9-8-16(30)25-11-10-20(31,21(22,23)24)19-26-12-13-29(19)2/h4-7,12-13,31H,3,8-11H2,1-2H3,(H,25,30). The summed E-state index contributed by atoms with van der Waals surface area (Å²) in [5.41, 5.74) is -2.48. The number of nitrogens with one attached hydrogen (secondary N) is 1. The van der Waals surface area contributed by atoms with Gasteiger partial charge in [0.25, 0.3) is 0 Å². The van der Waals surface area contributed by atoms with Gasteiger partial charge in [-0.15, -0.1) is 0 Å². The fourth-order valence-electron chi connectivity index (χ4n) is 3.18. The summed E-state index contributed by atoms with van der Waals surface area (Å²) in [6.45, 7) is 2.03. The zero-order chi connectivity index (χ0) is 24.1. The zero-order valence-corrected chi connectivity index (χ0v) is 18.1. The number of halogens is 3. The predicted molar refractivity (Wildman–Crippen MR) is 110 cm³/mol. The number of imidazole rings is 1. The van der Waals surface area contributed by atoms with Crippen LogP contribution in [-0.2, 0) is 23.9 Å². The van der Waals surface area contributed by atoms with E-state index in [0.717, 1.165) is 10.8 Å². The summed E-state index contributed by atoms with van der Waals surface area (Å²) < 4.78 is 52.1. The Bertz CT molecular complexity index is 1060. The van der Waals surface area contributed by atoms with Crippen LogP contribution in [0.3, 0.4) is 0 Å². The first-order valence-electron chi connectivity index (χ1n) is 10.2. The average Bonchev–Trinajstić information content (AvgIpc) is 3.41. The van der Waals surface area contributed by atoms with Crippen LogP contribution in [-0.4, -0.2) is 50.0 Å². The van der Waals surface area contributed by atoms with Crippen LogP contribution in [0, 0.1) is 0 Å². The molecule has 3 aromatic rings. The molecule has 2 heterocycles. The third-order valence-electron chi connectivity index (χ3n) is 4.93. The van der Waals surface area contributed by atoms with Gasteiger partial charge in [-0.1, -0.05) is 5.16 Å². The molecule has 2 aromatic heterocycles. The van der Waals surface area contributed by atoms with Crippen molar-refractivity contribution in [3.63, 3.8) is 0 Å². The van der Waals surface area contributed by atoms with Gasteiger partial charge in [0.05, 0.1) is 6.61 Å². The molecule has 0 aliphatic heterocycles.